The third kappa shape index (κ3) is 2.29. The number of nitrogens with one attached hydrogen (secondary N) is 1. The van der Waals surface area contributed by atoms with Gasteiger partial charge in [-0.05, 0) is 36.8 Å². The van der Waals surface area contributed by atoms with E-state index in [1.54, 1.807) is 12.4 Å². The van der Waals surface area contributed by atoms with Crippen molar-refractivity contribution >= 4 is 22.6 Å². The van der Waals surface area contributed by atoms with Crippen LogP contribution in [0.5, 0.6) is 0 Å². The summed E-state index contributed by atoms with van der Waals surface area (Å²) in [5.74, 6) is 6.39. The Labute approximate surface area is 121 Å². The predicted molar refractivity (Wildman–Crippen MR) is 79.4 cm³/mol. The van der Waals surface area contributed by atoms with Crippen LogP contribution in [0.1, 0.15) is 22.9 Å². The summed E-state index contributed by atoms with van der Waals surface area (Å²) in [6.45, 7) is 2.05. The van der Waals surface area contributed by atoms with Crippen molar-refractivity contribution in [2.75, 3.05) is 0 Å². The van der Waals surface area contributed by atoms with Crippen molar-refractivity contribution in [1.82, 2.24) is 10.4 Å². The number of benzene rings is 1. The zero-order valence-electron chi connectivity index (χ0n) is 10.9. The highest BCUT2D eigenvalue weighted by atomic mass is 35.5. The van der Waals surface area contributed by atoms with Gasteiger partial charge < -0.3 is 4.42 Å². The molecule has 4 nitrogen and oxygen atoms in total. The van der Waals surface area contributed by atoms with Crippen LogP contribution in [0.4, 0.5) is 0 Å². The molecule has 2 aromatic heterocycles. The lowest BCUT2D eigenvalue weighted by molar-refractivity contribution is 0.477. The summed E-state index contributed by atoms with van der Waals surface area (Å²) in [6.07, 6.45) is 3.27. The van der Waals surface area contributed by atoms with E-state index in [9.17, 15) is 0 Å². The van der Waals surface area contributed by atoms with Gasteiger partial charge in [0.2, 0.25) is 0 Å². The summed E-state index contributed by atoms with van der Waals surface area (Å²) in [4.78, 5) is 3.98. The van der Waals surface area contributed by atoms with Crippen LogP contribution in [-0.2, 0) is 0 Å². The van der Waals surface area contributed by atoms with E-state index in [0.29, 0.717) is 5.02 Å². The average Bonchev–Trinajstić information content (AvgIpc) is 2.84. The number of hydrogen-bond acceptors (Lipinski definition) is 4. The zero-order valence-corrected chi connectivity index (χ0v) is 11.7. The van der Waals surface area contributed by atoms with Crippen molar-refractivity contribution in [2.24, 2.45) is 5.84 Å². The van der Waals surface area contributed by atoms with E-state index < -0.39 is 0 Å². The van der Waals surface area contributed by atoms with Crippen molar-refractivity contribution in [3.63, 3.8) is 0 Å². The van der Waals surface area contributed by atoms with E-state index >= 15 is 0 Å². The number of hydrogen-bond donors (Lipinski definition) is 2. The van der Waals surface area contributed by atoms with Crippen LogP contribution in [-0.4, -0.2) is 4.98 Å². The maximum absolute atomic E-state index is 6.17. The SMILES string of the molecule is Cc1ccc2oc(C(NN)c3ccncc3Cl)cc2c1. The van der Waals surface area contributed by atoms with E-state index in [0.717, 1.165) is 22.3 Å². The summed E-state index contributed by atoms with van der Waals surface area (Å²) < 4.78 is 5.86. The largest absolute Gasteiger partial charge is 0.459 e. The highest BCUT2D eigenvalue weighted by molar-refractivity contribution is 6.31. The second-order valence-electron chi connectivity index (χ2n) is 4.69. The molecule has 3 aromatic rings. The summed E-state index contributed by atoms with van der Waals surface area (Å²) >= 11 is 6.17. The Hall–Kier alpha value is -1.88. The molecule has 5 heteroatoms. The first-order valence-electron chi connectivity index (χ1n) is 6.24. The number of nitrogens with zero attached hydrogens (tertiary/aromatic N) is 1. The van der Waals surface area contributed by atoms with Crippen molar-refractivity contribution in [2.45, 2.75) is 13.0 Å². The van der Waals surface area contributed by atoms with Gasteiger partial charge in [0.15, 0.2) is 0 Å². The first-order chi connectivity index (χ1) is 9.69. The summed E-state index contributed by atoms with van der Waals surface area (Å²) in [5.41, 5.74) is 5.59. The van der Waals surface area contributed by atoms with Gasteiger partial charge in [0.05, 0.1) is 5.02 Å². The lowest BCUT2D eigenvalue weighted by Crippen LogP contribution is -2.28. The number of fused-ring (bicyclic) bond motifs is 1. The number of halogens is 1. The fourth-order valence-electron chi connectivity index (χ4n) is 2.27. The molecule has 20 heavy (non-hydrogen) atoms. The van der Waals surface area contributed by atoms with Gasteiger partial charge in [-0.2, -0.15) is 0 Å². The molecule has 1 aromatic carbocycles. The first-order valence-corrected chi connectivity index (χ1v) is 6.62. The van der Waals surface area contributed by atoms with E-state index in [-0.39, 0.29) is 6.04 Å². The average molecular weight is 288 g/mol. The van der Waals surface area contributed by atoms with Gasteiger partial charge in [0.1, 0.15) is 17.4 Å². The highest BCUT2D eigenvalue weighted by Gasteiger charge is 2.19. The van der Waals surface area contributed by atoms with E-state index in [1.165, 1.54) is 5.56 Å². The van der Waals surface area contributed by atoms with Gasteiger partial charge in [0, 0.05) is 17.8 Å². The molecule has 0 aliphatic carbocycles. The maximum atomic E-state index is 6.17. The molecule has 0 fully saturated rings. The lowest BCUT2D eigenvalue weighted by atomic mass is 10.1. The number of aromatic nitrogens is 1. The molecule has 0 radical (unpaired) electrons. The Kier molecular flexibility index (Phi) is 3.44. The Morgan fingerprint density at radius 1 is 1.30 bits per heavy atom. The standard InChI is InChI=1S/C15H14ClN3O/c1-9-2-3-13-10(6-9)7-14(20-13)15(19-17)11-4-5-18-8-12(11)16/h2-8,15,19H,17H2,1H3. The molecule has 0 amide bonds. The molecule has 0 saturated heterocycles. The Balaban J connectivity index is 2.10. The van der Waals surface area contributed by atoms with Crippen LogP contribution in [0.15, 0.2) is 47.1 Å². The molecule has 3 N–H and O–H groups in total. The van der Waals surface area contributed by atoms with E-state index in [4.69, 9.17) is 21.9 Å². The minimum Gasteiger partial charge on any atom is -0.459 e. The second kappa shape index (κ2) is 5.25. The van der Waals surface area contributed by atoms with Crippen molar-refractivity contribution in [3.05, 3.63) is 64.6 Å². The van der Waals surface area contributed by atoms with Crippen LogP contribution in [0.2, 0.25) is 5.02 Å². The van der Waals surface area contributed by atoms with Crippen molar-refractivity contribution in [1.29, 1.82) is 0 Å². The molecule has 3 rings (SSSR count). The van der Waals surface area contributed by atoms with E-state index in [1.807, 2.05) is 31.2 Å². The van der Waals surface area contributed by atoms with Gasteiger partial charge in [0.25, 0.3) is 0 Å². The number of furan rings is 1. The molecular weight excluding hydrogens is 274 g/mol. The molecule has 0 spiro atoms. The highest BCUT2D eigenvalue weighted by Crippen LogP contribution is 2.31. The molecule has 1 unspecified atom stereocenters. The molecule has 102 valence electrons. The van der Waals surface area contributed by atoms with Gasteiger partial charge in [-0.15, -0.1) is 0 Å². The van der Waals surface area contributed by atoms with Gasteiger partial charge in [-0.3, -0.25) is 10.8 Å². The Morgan fingerprint density at radius 3 is 2.90 bits per heavy atom. The van der Waals surface area contributed by atoms with Crippen molar-refractivity contribution < 1.29 is 4.42 Å². The molecule has 0 aliphatic heterocycles. The van der Waals surface area contributed by atoms with Crippen LogP contribution in [0.25, 0.3) is 11.0 Å². The summed E-state index contributed by atoms with van der Waals surface area (Å²) in [6, 6.07) is 9.53. The van der Waals surface area contributed by atoms with Gasteiger partial charge in [-0.25, -0.2) is 5.43 Å². The lowest BCUT2D eigenvalue weighted by Gasteiger charge is -2.14. The van der Waals surface area contributed by atoms with Crippen LogP contribution < -0.4 is 11.3 Å². The Bertz CT molecular complexity index is 754. The fourth-order valence-corrected chi connectivity index (χ4v) is 2.50. The minimum atomic E-state index is -0.307. The number of rotatable bonds is 3. The normalized spacial score (nSPS) is 12.8. The van der Waals surface area contributed by atoms with E-state index in [2.05, 4.69) is 16.5 Å². The topological polar surface area (TPSA) is 64.1 Å². The quantitative estimate of drug-likeness (QED) is 0.573. The smallest absolute Gasteiger partial charge is 0.134 e. The van der Waals surface area contributed by atoms with Gasteiger partial charge in [-0.1, -0.05) is 23.2 Å². The summed E-state index contributed by atoms with van der Waals surface area (Å²) in [7, 11) is 0. The molecule has 0 aliphatic rings. The molecule has 0 bridgehead atoms. The number of hydrazine groups is 1. The third-order valence-electron chi connectivity index (χ3n) is 3.26. The number of pyridine rings is 1. The van der Waals surface area contributed by atoms with Crippen LogP contribution in [0.3, 0.4) is 0 Å². The molecular formula is C15H14ClN3O. The monoisotopic (exact) mass is 287 g/mol. The fraction of sp³-hybridized carbons (Fsp3) is 0.133. The van der Waals surface area contributed by atoms with Crippen LogP contribution >= 0.6 is 11.6 Å². The van der Waals surface area contributed by atoms with Crippen LogP contribution in [0, 0.1) is 6.92 Å². The second-order valence-corrected chi connectivity index (χ2v) is 5.09. The predicted octanol–water partition coefficient (Wildman–Crippen LogP) is 3.34. The van der Waals surface area contributed by atoms with Crippen molar-refractivity contribution in [3.8, 4) is 0 Å². The number of aryl methyl sites for hydroxylation is 1. The third-order valence-corrected chi connectivity index (χ3v) is 3.57. The molecule has 1 atom stereocenters. The minimum absolute atomic E-state index is 0.307. The van der Waals surface area contributed by atoms with Gasteiger partial charge >= 0.3 is 0 Å². The molecule has 0 saturated carbocycles. The maximum Gasteiger partial charge on any atom is 0.134 e. The zero-order chi connectivity index (χ0) is 14.1. The number of nitrogens with two attached hydrogens (primary N) is 1. The molecule has 2 heterocycles. The Morgan fingerprint density at radius 2 is 2.15 bits per heavy atom. The summed E-state index contributed by atoms with van der Waals surface area (Å²) in [5, 5.41) is 1.59. The first kappa shape index (κ1) is 13.1.